The molecule has 2 aromatic rings. The van der Waals surface area contributed by atoms with Crippen molar-refractivity contribution in [1.82, 2.24) is 14.5 Å². The number of hydrogen-bond donors (Lipinski definition) is 1. The van der Waals surface area contributed by atoms with E-state index in [0.29, 0.717) is 5.75 Å². The third-order valence-corrected chi connectivity index (χ3v) is 4.97. The van der Waals surface area contributed by atoms with Crippen LogP contribution in [0, 0.1) is 12.8 Å². The summed E-state index contributed by atoms with van der Waals surface area (Å²) in [4.78, 5) is 6.62. The molecule has 0 bridgehead atoms. The van der Waals surface area contributed by atoms with E-state index in [9.17, 15) is 5.11 Å². The van der Waals surface area contributed by atoms with Gasteiger partial charge in [0.05, 0.1) is 6.33 Å². The van der Waals surface area contributed by atoms with Crippen LogP contribution in [-0.4, -0.2) is 32.6 Å². The van der Waals surface area contributed by atoms with Crippen molar-refractivity contribution in [2.45, 2.75) is 45.7 Å². The van der Waals surface area contributed by atoms with E-state index in [0.717, 1.165) is 44.1 Å². The van der Waals surface area contributed by atoms with E-state index in [1.807, 2.05) is 30.9 Å². The summed E-state index contributed by atoms with van der Waals surface area (Å²) >= 11 is 0. The van der Waals surface area contributed by atoms with E-state index in [-0.39, 0.29) is 0 Å². The van der Waals surface area contributed by atoms with Gasteiger partial charge in [-0.3, -0.25) is 4.90 Å². The second kappa shape index (κ2) is 8.86. The Balaban J connectivity index is 1.62. The largest absolute Gasteiger partial charge is 0.508 e. The lowest BCUT2D eigenvalue weighted by Gasteiger charge is -2.28. The molecule has 134 valence electrons. The molecule has 1 atom stereocenters. The van der Waals surface area contributed by atoms with Gasteiger partial charge in [0.2, 0.25) is 0 Å². The van der Waals surface area contributed by atoms with E-state index in [1.165, 1.54) is 24.8 Å². The summed E-state index contributed by atoms with van der Waals surface area (Å²) in [7, 11) is 0. The van der Waals surface area contributed by atoms with Gasteiger partial charge >= 0.3 is 0 Å². The number of allylic oxidation sites excluding steroid dienone is 2. The van der Waals surface area contributed by atoms with Crippen LogP contribution in [0.2, 0.25) is 0 Å². The first-order chi connectivity index (χ1) is 12.2. The molecular formula is C21H29N3O. The standard InChI is InChI=1S/C21H29N3O/c1-18-8-9-21(25)20(14-18)16-24(15-19-6-3-2-4-7-19)12-5-11-23-13-10-22-17-23/h2-3,8-10,13-14,17,19,25H,4-7,11-12,15-16H2,1H3/t19-/m1/s1. The molecule has 25 heavy (non-hydrogen) atoms. The molecule has 1 aliphatic rings. The normalized spacial score (nSPS) is 17.3. The molecule has 0 amide bonds. The van der Waals surface area contributed by atoms with Crippen LogP contribution >= 0.6 is 0 Å². The number of phenols is 1. The monoisotopic (exact) mass is 339 g/mol. The van der Waals surface area contributed by atoms with Crippen LogP contribution in [0.5, 0.6) is 5.75 Å². The predicted molar refractivity (Wildman–Crippen MR) is 101 cm³/mol. The number of rotatable bonds is 8. The van der Waals surface area contributed by atoms with Gasteiger partial charge in [0.1, 0.15) is 5.75 Å². The Morgan fingerprint density at radius 3 is 3.00 bits per heavy atom. The number of imidazole rings is 1. The summed E-state index contributed by atoms with van der Waals surface area (Å²) < 4.78 is 2.13. The molecule has 1 heterocycles. The molecule has 4 heteroatoms. The van der Waals surface area contributed by atoms with Crippen molar-refractivity contribution in [1.29, 1.82) is 0 Å². The average Bonchev–Trinajstić information content (AvgIpc) is 3.12. The van der Waals surface area contributed by atoms with E-state index >= 15 is 0 Å². The third kappa shape index (κ3) is 5.46. The number of aromatic hydroxyl groups is 1. The Bertz CT molecular complexity index is 678. The molecule has 0 radical (unpaired) electrons. The topological polar surface area (TPSA) is 41.3 Å². The van der Waals surface area contributed by atoms with Crippen molar-refractivity contribution in [3.05, 3.63) is 60.2 Å². The average molecular weight is 339 g/mol. The van der Waals surface area contributed by atoms with Gasteiger partial charge in [0.25, 0.3) is 0 Å². The lowest BCUT2D eigenvalue weighted by Crippen LogP contribution is -2.31. The fourth-order valence-corrected chi connectivity index (χ4v) is 3.60. The third-order valence-electron chi connectivity index (χ3n) is 4.97. The molecular weight excluding hydrogens is 310 g/mol. The molecule has 3 rings (SSSR count). The van der Waals surface area contributed by atoms with Crippen LogP contribution < -0.4 is 0 Å². The summed E-state index contributed by atoms with van der Waals surface area (Å²) in [6.45, 7) is 6.02. The van der Waals surface area contributed by atoms with Crippen LogP contribution in [0.3, 0.4) is 0 Å². The highest BCUT2D eigenvalue weighted by molar-refractivity contribution is 5.35. The van der Waals surface area contributed by atoms with Gasteiger partial charge in [-0.25, -0.2) is 4.98 Å². The van der Waals surface area contributed by atoms with Crippen molar-refractivity contribution >= 4 is 0 Å². The minimum absolute atomic E-state index is 0.411. The molecule has 0 spiro atoms. The van der Waals surface area contributed by atoms with E-state index in [1.54, 1.807) is 0 Å². The Hall–Kier alpha value is -2.07. The summed E-state index contributed by atoms with van der Waals surface area (Å²) in [6.07, 6.45) is 15.1. The first-order valence-electron chi connectivity index (χ1n) is 9.32. The van der Waals surface area contributed by atoms with Crippen molar-refractivity contribution in [3.8, 4) is 5.75 Å². The smallest absolute Gasteiger partial charge is 0.120 e. The molecule has 0 aliphatic heterocycles. The maximum atomic E-state index is 10.2. The lowest BCUT2D eigenvalue weighted by molar-refractivity contribution is 0.207. The van der Waals surface area contributed by atoms with E-state index in [4.69, 9.17) is 0 Å². The Morgan fingerprint density at radius 2 is 2.24 bits per heavy atom. The van der Waals surface area contributed by atoms with Gasteiger partial charge in [0, 0.05) is 44.1 Å². The summed E-state index contributed by atoms with van der Waals surface area (Å²) in [6, 6.07) is 5.89. The van der Waals surface area contributed by atoms with Crippen molar-refractivity contribution in [3.63, 3.8) is 0 Å². The molecule has 1 aliphatic carbocycles. The van der Waals surface area contributed by atoms with Crippen LogP contribution in [0.4, 0.5) is 0 Å². The zero-order chi connectivity index (χ0) is 17.5. The Labute approximate surface area is 150 Å². The number of benzene rings is 1. The maximum absolute atomic E-state index is 10.2. The summed E-state index contributed by atoms with van der Waals surface area (Å²) in [5.74, 6) is 1.14. The molecule has 0 fully saturated rings. The first-order valence-corrected chi connectivity index (χ1v) is 9.32. The zero-order valence-corrected chi connectivity index (χ0v) is 15.1. The van der Waals surface area contributed by atoms with E-state index < -0.39 is 0 Å². The minimum atomic E-state index is 0.411. The summed E-state index contributed by atoms with van der Waals surface area (Å²) in [5, 5.41) is 10.2. The number of aromatic nitrogens is 2. The second-order valence-corrected chi connectivity index (χ2v) is 7.17. The van der Waals surface area contributed by atoms with Crippen molar-refractivity contribution < 1.29 is 5.11 Å². The molecule has 1 aromatic carbocycles. The highest BCUT2D eigenvalue weighted by Gasteiger charge is 2.16. The molecule has 0 saturated carbocycles. The van der Waals surface area contributed by atoms with Gasteiger partial charge in [-0.15, -0.1) is 0 Å². The van der Waals surface area contributed by atoms with Gasteiger partial charge in [0.15, 0.2) is 0 Å². The number of phenolic OH excluding ortho intramolecular Hbond substituents is 1. The Morgan fingerprint density at radius 1 is 1.32 bits per heavy atom. The fraction of sp³-hybridized carbons (Fsp3) is 0.476. The van der Waals surface area contributed by atoms with Crippen LogP contribution in [0.15, 0.2) is 49.1 Å². The van der Waals surface area contributed by atoms with Gasteiger partial charge in [-0.1, -0.05) is 29.8 Å². The predicted octanol–water partition coefficient (Wildman–Crippen LogP) is 4.15. The highest BCUT2D eigenvalue weighted by Crippen LogP contribution is 2.24. The second-order valence-electron chi connectivity index (χ2n) is 7.17. The number of aryl methyl sites for hydroxylation is 2. The van der Waals surface area contributed by atoms with Gasteiger partial charge in [-0.2, -0.15) is 0 Å². The minimum Gasteiger partial charge on any atom is -0.508 e. The fourth-order valence-electron chi connectivity index (χ4n) is 3.60. The lowest BCUT2D eigenvalue weighted by atomic mass is 9.93. The molecule has 1 N–H and O–H groups in total. The summed E-state index contributed by atoms with van der Waals surface area (Å²) in [5.41, 5.74) is 2.24. The highest BCUT2D eigenvalue weighted by atomic mass is 16.3. The molecule has 4 nitrogen and oxygen atoms in total. The SMILES string of the molecule is Cc1ccc(O)c(CN(CCCn2ccnc2)C[C@@H]2CC=CCC2)c1. The van der Waals surface area contributed by atoms with Gasteiger partial charge in [-0.05, 0) is 44.6 Å². The Kier molecular flexibility index (Phi) is 6.29. The zero-order valence-electron chi connectivity index (χ0n) is 15.1. The molecule has 0 unspecified atom stereocenters. The molecule has 1 aromatic heterocycles. The van der Waals surface area contributed by atoms with Crippen LogP contribution in [-0.2, 0) is 13.1 Å². The maximum Gasteiger partial charge on any atom is 0.120 e. The van der Waals surface area contributed by atoms with Crippen LogP contribution in [0.25, 0.3) is 0 Å². The van der Waals surface area contributed by atoms with Crippen molar-refractivity contribution in [2.75, 3.05) is 13.1 Å². The van der Waals surface area contributed by atoms with Crippen LogP contribution in [0.1, 0.15) is 36.8 Å². The van der Waals surface area contributed by atoms with E-state index in [2.05, 4.69) is 39.6 Å². The van der Waals surface area contributed by atoms with Gasteiger partial charge < -0.3 is 9.67 Å². The first kappa shape index (κ1) is 17.7. The van der Waals surface area contributed by atoms with Crippen molar-refractivity contribution in [2.24, 2.45) is 5.92 Å². The number of nitrogens with zero attached hydrogens (tertiary/aromatic N) is 3. The quantitative estimate of drug-likeness (QED) is 0.735. The number of hydrogen-bond acceptors (Lipinski definition) is 3. The molecule has 0 saturated heterocycles.